The lowest BCUT2D eigenvalue weighted by Crippen LogP contribution is -2.01. The van der Waals surface area contributed by atoms with Crippen molar-refractivity contribution in [2.75, 3.05) is 5.73 Å². The number of nitrogens with two attached hydrogens (primary N) is 1. The smallest absolute Gasteiger partial charge is 0.137 e. The van der Waals surface area contributed by atoms with Crippen molar-refractivity contribution in [1.29, 1.82) is 0 Å². The maximum Gasteiger partial charge on any atom is 0.137 e. The van der Waals surface area contributed by atoms with E-state index in [9.17, 15) is 4.39 Å². The van der Waals surface area contributed by atoms with Gasteiger partial charge in [0.1, 0.15) is 5.82 Å². The van der Waals surface area contributed by atoms with Crippen LogP contribution < -0.4 is 5.73 Å². The molecule has 2 N–H and O–H groups in total. The van der Waals surface area contributed by atoms with Crippen LogP contribution in [-0.2, 0) is 6.54 Å². The predicted molar refractivity (Wildman–Crippen MR) is 59.8 cm³/mol. The van der Waals surface area contributed by atoms with E-state index in [0.717, 1.165) is 5.56 Å². The van der Waals surface area contributed by atoms with E-state index in [1.165, 1.54) is 6.07 Å². The van der Waals surface area contributed by atoms with Crippen LogP contribution in [0.3, 0.4) is 0 Å². The highest BCUT2D eigenvalue weighted by molar-refractivity contribution is 9.10. The lowest BCUT2D eigenvalue weighted by molar-refractivity contribution is 0.611. The topological polar surface area (TPSA) is 43.8 Å². The summed E-state index contributed by atoms with van der Waals surface area (Å²) in [5.74, 6) is -0.271. The minimum absolute atomic E-state index is 0.271. The Morgan fingerprint density at radius 2 is 2.27 bits per heavy atom. The number of aromatic nitrogens is 2. The van der Waals surface area contributed by atoms with Gasteiger partial charge in [-0.25, -0.2) is 4.39 Å². The maximum atomic E-state index is 13.2. The van der Waals surface area contributed by atoms with Crippen LogP contribution in [0, 0.1) is 5.82 Å². The van der Waals surface area contributed by atoms with Gasteiger partial charge in [0.2, 0.25) is 0 Å². The normalized spacial score (nSPS) is 10.5. The van der Waals surface area contributed by atoms with Crippen LogP contribution in [-0.4, -0.2) is 9.78 Å². The number of nitrogens with zero attached hydrogens (tertiary/aromatic N) is 2. The summed E-state index contributed by atoms with van der Waals surface area (Å²) in [7, 11) is 0. The maximum absolute atomic E-state index is 13.2. The lowest BCUT2D eigenvalue weighted by Gasteiger charge is -2.04. The second-order valence-electron chi connectivity index (χ2n) is 3.18. The predicted octanol–water partition coefficient (Wildman–Crippen LogP) is 2.42. The first kappa shape index (κ1) is 10.2. The fourth-order valence-corrected chi connectivity index (χ4v) is 1.70. The van der Waals surface area contributed by atoms with Crippen LogP contribution >= 0.6 is 15.9 Å². The van der Waals surface area contributed by atoms with Crippen molar-refractivity contribution in [3.8, 4) is 0 Å². The molecule has 0 amide bonds. The molecule has 1 aromatic heterocycles. The van der Waals surface area contributed by atoms with Crippen LogP contribution in [0.5, 0.6) is 0 Å². The highest BCUT2D eigenvalue weighted by Gasteiger charge is 2.05. The van der Waals surface area contributed by atoms with E-state index in [1.807, 2.05) is 6.07 Å². The Hall–Kier alpha value is -1.36. The molecule has 1 aromatic carbocycles. The van der Waals surface area contributed by atoms with Crippen molar-refractivity contribution in [3.05, 3.63) is 46.4 Å². The van der Waals surface area contributed by atoms with Gasteiger partial charge in [-0.15, -0.1) is 0 Å². The van der Waals surface area contributed by atoms with Crippen LogP contribution in [0.2, 0.25) is 0 Å². The number of rotatable bonds is 2. The molecule has 5 heteroatoms. The summed E-state index contributed by atoms with van der Waals surface area (Å²) in [4.78, 5) is 0. The number of hydrogen-bond donors (Lipinski definition) is 1. The van der Waals surface area contributed by atoms with E-state index in [-0.39, 0.29) is 5.82 Å². The van der Waals surface area contributed by atoms with Crippen molar-refractivity contribution in [2.45, 2.75) is 6.54 Å². The molecule has 3 nitrogen and oxygen atoms in total. The van der Waals surface area contributed by atoms with Gasteiger partial charge in [0.15, 0.2) is 0 Å². The first-order valence-corrected chi connectivity index (χ1v) is 5.17. The third-order valence-corrected chi connectivity index (χ3v) is 2.91. The van der Waals surface area contributed by atoms with Crippen molar-refractivity contribution < 1.29 is 4.39 Å². The molecule has 0 saturated carbocycles. The van der Waals surface area contributed by atoms with Gasteiger partial charge in [-0.1, -0.05) is 12.1 Å². The van der Waals surface area contributed by atoms with Crippen molar-refractivity contribution in [1.82, 2.24) is 9.78 Å². The third-order valence-electron chi connectivity index (χ3n) is 2.02. The van der Waals surface area contributed by atoms with Crippen LogP contribution in [0.15, 0.2) is 35.1 Å². The summed E-state index contributed by atoms with van der Waals surface area (Å²) < 4.78 is 15.3. The molecule has 0 bridgehead atoms. The summed E-state index contributed by atoms with van der Waals surface area (Å²) >= 11 is 3.20. The minimum atomic E-state index is -0.271. The third kappa shape index (κ3) is 2.18. The van der Waals surface area contributed by atoms with E-state index in [4.69, 9.17) is 5.73 Å². The van der Waals surface area contributed by atoms with E-state index in [0.29, 0.717) is 16.7 Å². The highest BCUT2D eigenvalue weighted by atomic mass is 79.9. The van der Waals surface area contributed by atoms with Crippen molar-refractivity contribution >= 4 is 21.6 Å². The molecule has 0 atom stereocenters. The average molecular weight is 270 g/mol. The average Bonchev–Trinajstić information content (AvgIpc) is 2.59. The molecule has 0 radical (unpaired) electrons. The Morgan fingerprint density at radius 3 is 2.93 bits per heavy atom. The Kier molecular flexibility index (Phi) is 2.73. The summed E-state index contributed by atoms with van der Waals surface area (Å²) in [6, 6.07) is 4.92. The summed E-state index contributed by atoms with van der Waals surface area (Å²) in [5, 5.41) is 4.03. The zero-order valence-electron chi connectivity index (χ0n) is 7.82. The van der Waals surface area contributed by atoms with Gasteiger partial charge in [0.05, 0.1) is 22.9 Å². The Morgan fingerprint density at radius 1 is 1.47 bits per heavy atom. The molecule has 0 aliphatic carbocycles. The molecule has 0 fully saturated rings. The lowest BCUT2D eigenvalue weighted by atomic mass is 10.2. The molecule has 0 aliphatic heterocycles. The van der Waals surface area contributed by atoms with Crippen LogP contribution in [0.4, 0.5) is 10.1 Å². The summed E-state index contributed by atoms with van der Waals surface area (Å²) in [6.07, 6.45) is 3.27. The molecular weight excluding hydrogens is 261 g/mol. The Bertz CT molecular complexity index is 481. The molecule has 0 aliphatic rings. The largest absolute Gasteiger partial charge is 0.396 e. The molecule has 2 rings (SSSR count). The molecule has 0 saturated heterocycles. The van der Waals surface area contributed by atoms with Crippen molar-refractivity contribution in [2.24, 2.45) is 0 Å². The van der Waals surface area contributed by atoms with Crippen molar-refractivity contribution in [3.63, 3.8) is 0 Å². The van der Waals surface area contributed by atoms with Crippen LogP contribution in [0.1, 0.15) is 5.56 Å². The van der Waals surface area contributed by atoms with Gasteiger partial charge in [-0.2, -0.15) is 5.10 Å². The molecule has 0 spiro atoms. The molecule has 78 valence electrons. The molecule has 0 unspecified atom stereocenters. The number of halogens is 2. The number of anilines is 1. The number of nitrogen functional groups attached to an aromatic ring is 1. The fourth-order valence-electron chi connectivity index (χ4n) is 1.31. The standard InChI is InChI=1S/C10H9BrFN3/c11-10-7(2-1-3-9(10)12)5-15-6-8(13)4-14-15/h1-4,6H,5,13H2. The zero-order chi connectivity index (χ0) is 10.8. The second-order valence-corrected chi connectivity index (χ2v) is 3.98. The summed E-state index contributed by atoms with van der Waals surface area (Å²) in [5.41, 5.74) is 6.96. The van der Waals surface area contributed by atoms with E-state index >= 15 is 0 Å². The molecule has 1 heterocycles. The van der Waals surface area contributed by atoms with Gasteiger partial charge in [0, 0.05) is 6.20 Å². The van der Waals surface area contributed by atoms with E-state index < -0.39 is 0 Å². The molecule has 2 aromatic rings. The fraction of sp³-hybridized carbons (Fsp3) is 0.100. The molecule has 15 heavy (non-hydrogen) atoms. The van der Waals surface area contributed by atoms with Crippen LogP contribution in [0.25, 0.3) is 0 Å². The quantitative estimate of drug-likeness (QED) is 0.910. The Balaban J connectivity index is 2.28. The molecular formula is C10H9BrFN3. The second kappa shape index (κ2) is 4.02. The number of hydrogen-bond acceptors (Lipinski definition) is 2. The van der Waals surface area contributed by atoms with E-state index in [2.05, 4.69) is 21.0 Å². The first-order valence-electron chi connectivity index (χ1n) is 4.37. The SMILES string of the molecule is Nc1cnn(Cc2cccc(F)c2Br)c1. The van der Waals surface area contributed by atoms with Gasteiger partial charge in [-0.05, 0) is 27.6 Å². The monoisotopic (exact) mass is 269 g/mol. The van der Waals surface area contributed by atoms with Gasteiger partial charge >= 0.3 is 0 Å². The highest BCUT2D eigenvalue weighted by Crippen LogP contribution is 2.21. The Labute approximate surface area is 94.8 Å². The number of benzene rings is 1. The summed E-state index contributed by atoms with van der Waals surface area (Å²) in [6.45, 7) is 0.496. The minimum Gasteiger partial charge on any atom is -0.396 e. The van der Waals surface area contributed by atoms with E-state index in [1.54, 1.807) is 23.1 Å². The van der Waals surface area contributed by atoms with Gasteiger partial charge in [0.25, 0.3) is 0 Å². The van der Waals surface area contributed by atoms with Gasteiger partial charge in [-0.3, -0.25) is 4.68 Å². The van der Waals surface area contributed by atoms with Gasteiger partial charge < -0.3 is 5.73 Å². The zero-order valence-corrected chi connectivity index (χ0v) is 9.41. The first-order chi connectivity index (χ1) is 7.16.